The van der Waals surface area contributed by atoms with Gasteiger partial charge in [0.05, 0.1) is 30.3 Å². The Balaban J connectivity index is 1.34. The Morgan fingerprint density at radius 2 is 1.60 bits per heavy atom. The average molecular weight is 706 g/mol. The summed E-state index contributed by atoms with van der Waals surface area (Å²) >= 11 is 0. The highest BCUT2D eigenvalue weighted by Gasteiger charge is 2.47. The molecule has 0 spiro atoms. The molecule has 0 aromatic heterocycles. The minimum atomic E-state index is -1.08. The number of fused-ring (bicyclic) bond motifs is 1. The minimum Gasteiger partial charge on any atom is -0.481 e. The molecule has 0 bridgehead atoms. The highest BCUT2D eigenvalue weighted by atomic mass is 16.4. The number of amides is 4. The Morgan fingerprint density at radius 3 is 2.22 bits per heavy atom. The maximum atomic E-state index is 13.9. The summed E-state index contributed by atoms with van der Waals surface area (Å²) in [4.78, 5) is 79.7. The van der Waals surface area contributed by atoms with Crippen molar-refractivity contribution in [2.75, 3.05) is 13.1 Å². The Hall–Kier alpha value is -3.30. The van der Waals surface area contributed by atoms with Gasteiger partial charge in [-0.2, -0.15) is 0 Å². The first-order valence-corrected chi connectivity index (χ1v) is 18.5. The Bertz CT molecular complexity index is 1270. The second-order valence-electron chi connectivity index (χ2n) is 15.8. The predicted molar refractivity (Wildman–Crippen MR) is 184 cm³/mol. The van der Waals surface area contributed by atoms with Crippen molar-refractivity contribution in [1.82, 2.24) is 25.1 Å². The fourth-order valence-electron chi connectivity index (χ4n) is 8.76. The fraction of sp³-hybridized carbons (Fsp3) is 0.829. The molecular formula is C35H59N7O8. The third-order valence-corrected chi connectivity index (χ3v) is 11.8. The maximum absolute atomic E-state index is 13.9. The van der Waals surface area contributed by atoms with Crippen LogP contribution < -0.4 is 17.0 Å². The van der Waals surface area contributed by atoms with E-state index in [0.717, 1.165) is 38.5 Å². The summed E-state index contributed by atoms with van der Waals surface area (Å²) in [5.74, 6) is 9.59. The summed E-state index contributed by atoms with van der Waals surface area (Å²) < 4.78 is 0. The van der Waals surface area contributed by atoms with Crippen LogP contribution in [-0.2, 0) is 24.0 Å². The van der Waals surface area contributed by atoms with Crippen LogP contribution in [0.2, 0.25) is 0 Å². The van der Waals surface area contributed by atoms with Crippen molar-refractivity contribution in [3.05, 3.63) is 0 Å². The minimum absolute atomic E-state index is 0.0143. The molecule has 1 aliphatic heterocycles. The van der Waals surface area contributed by atoms with E-state index in [0.29, 0.717) is 44.4 Å². The first-order valence-electron chi connectivity index (χ1n) is 18.5. The van der Waals surface area contributed by atoms with Crippen LogP contribution in [0.15, 0.2) is 0 Å². The molecule has 0 aromatic rings. The number of urea groups is 1. The van der Waals surface area contributed by atoms with Crippen LogP contribution in [0.5, 0.6) is 0 Å². The zero-order valence-corrected chi connectivity index (χ0v) is 30.2. The third kappa shape index (κ3) is 9.52. The van der Waals surface area contributed by atoms with Crippen molar-refractivity contribution >= 4 is 35.6 Å². The van der Waals surface area contributed by atoms with E-state index in [2.05, 4.69) is 12.2 Å². The van der Waals surface area contributed by atoms with Crippen molar-refractivity contribution in [1.29, 1.82) is 0 Å². The van der Waals surface area contributed by atoms with Crippen LogP contribution >= 0.6 is 0 Å². The second-order valence-corrected chi connectivity index (χ2v) is 15.8. The number of hydrazine groups is 2. The molecule has 0 radical (unpaired) electrons. The molecule has 6 unspecified atom stereocenters. The second kappa shape index (κ2) is 16.8. The molecule has 4 fully saturated rings. The number of rotatable bonds is 13. The zero-order chi connectivity index (χ0) is 36.9. The van der Waals surface area contributed by atoms with Crippen LogP contribution in [0.4, 0.5) is 4.79 Å². The highest BCUT2D eigenvalue weighted by molar-refractivity contribution is 5.90. The van der Waals surface area contributed by atoms with Crippen LogP contribution in [-0.4, -0.2) is 114 Å². The number of hydrogen-bond donors (Lipinski definition) is 5. The van der Waals surface area contributed by atoms with E-state index < -0.39 is 35.5 Å². The molecule has 15 nitrogen and oxygen atoms in total. The molecule has 4 amide bonds. The lowest BCUT2D eigenvalue weighted by molar-refractivity contribution is -0.144. The molecule has 50 heavy (non-hydrogen) atoms. The van der Waals surface area contributed by atoms with Gasteiger partial charge >= 0.3 is 18.0 Å². The largest absolute Gasteiger partial charge is 0.481 e. The van der Waals surface area contributed by atoms with Crippen LogP contribution in [0.1, 0.15) is 118 Å². The monoisotopic (exact) mass is 705 g/mol. The molecule has 282 valence electrons. The van der Waals surface area contributed by atoms with Crippen LogP contribution in [0.25, 0.3) is 0 Å². The number of aliphatic carboxylic acids is 2. The zero-order valence-electron chi connectivity index (χ0n) is 30.2. The summed E-state index contributed by atoms with van der Waals surface area (Å²) in [7, 11) is 0. The standard InChI is InChI=1S/C35H59N7O8/c1-21-7-5-6-8-27(21)42(37)34(50)41(36)25-12-9-23(10-13-25)18-29(43)35(3,4)38-24-11-14-28-26(19-24)33(49)40(22(2)17-32(47)48)20-30(44)39(28)16-15-31(45)46/h21-28,38H,5-20,36-37H2,1-4H3,(H,45,46)(H,47,48). The third-order valence-electron chi connectivity index (χ3n) is 11.8. The topological polar surface area (TPSA) is 220 Å². The van der Waals surface area contributed by atoms with Gasteiger partial charge in [-0.15, -0.1) is 0 Å². The lowest BCUT2D eigenvalue weighted by Gasteiger charge is -2.43. The highest BCUT2D eigenvalue weighted by Crippen LogP contribution is 2.36. The molecule has 0 aromatic carbocycles. The van der Waals surface area contributed by atoms with E-state index in [1.807, 2.05) is 13.8 Å². The molecule has 4 aliphatic rings. The lowest BCUT2D eigenvalue weighted by atomic mass is 9.77. The number of carbonyl (C=O) groups is 6. The molecular weight excluding hydrogens is 646 g/mol. The van der Waals surface area contributed by atoms with Gasteiger partial charge in [-0.1, -0.05) is 19.8 Å². The van der Waals surface area contributed by atoms with Gasteiger partial charge in [0.2, 0.25) is 11.8 Å². The number of nitrogens with zero attached hydrogens (tertiary/aromatic N) is 4. The lowest BCUT2D eigenvalue weighted by Crippen LogP contribution is -2.59. The van der Waals surface area contributed by atoms with E-state index in [1.54, 1.807) is 6.92 Å². The van der Waals surface area contributed by atoms with Gasteiger partial charge in [0.1, 0.15) is 6.54 Å². The number of nitrogens with two attached hydrogens (primary N) is 2. The SMILES string of the molecule is CC1CCCCC1N(N)C(=O)N(N)C1CCC(CC(=O)C(C)(C)NC2CCC3C(C2)C(=O)N(C(C)CC(=O)O)CC(=O)N3CCC(=O)O)CC1. The number of carboxylic acids is 2. The van der Waals surface area contributed by atoms with Crippen molar-refractivity contribution in [2.24, 2.45) is 29.4 Å². The molecule has 1 heterocycles. The van der Waals surface area contributed by atoms with Crippen molar-refractivity contribution in [3.8, 4) is 0 Å². The predicted octanol–water partition coefficient (Wildman–Crippen LogP) is 2.47. The number of carbonyl (C=O) groups excluding carboxylic acids is 4. The van der Waals surface area contributed by atoms with Crippen LogP contribution in [0.3, 0.4) is 0 Å². The van der Waals surface area contributed by atoms with Crippen molar-refractivity contribution in [3.63, 3.8) is 0 Å². The summed E-state index contributed by atoms with van der Waals surface area (Å²) in [6.45, 7) is 7.07. The average Bonchev–Trinajstić information content (AvgIpc) is 3.16. The Morgan fingerprint density at radius 1 is 0.940 bits per heavy atom. The normalized spacial score (nSPS) is 29.8. The van der Waals surface area contributed by atoms with Crippen molar-refractivity contribution < 1.29 is 39.0 Å². The van der Waals surface area contributed by atoms with Gasteiger partial charge in [-0.25, -0.2) is 16.5 Å². The quantitative estimate of drug-likeness (QED) is 0.106. The van der Waals surface area contributed by atoms with E-state index in [9.17, 15) is 39.0 Å². The van der Waals surface area contributed by atoms with E-state index in [4.69, 9.17) is 11.7 Å². The number of carboxylic acid groups (broad SMARTS) is 2. The van der Waals surface area contributed by atoms with E-state index in [1.165, 1.54) is 19.8 Å². The summed E-state index contributed by atoms with van der Waals surface area (Å²) in [6, 6.07) is -1.95. The first-order chi connectivity index (χ1) is 23.5. The van der Waals surface area contributed by atoms with Gasteiger partial charge < -0.3 is 25.3 Å². The van der Waals surface area contributed by atoms with Gasteiger partial charge in [-0.05, 0) is 90.4 Å². The Kier molecular flexibility index (Phi) is 13.3. The van der Waals surface area contributed by atoms with Crippen molar-refractivity contribution in [2.45, 2.75) is 153 Å². The molecule has 1 saturated heterocycles. The summed E-state index contributed by atoms with van der Waals surface area (Å²) in [5, 5.41) is 24.8. The number of hydrogen-bond acceptors (Lipinski definition) is 9. The smallest absolute Gasteiger partial charge is 0.348 e. The van der Waals surface area contributed by atoms with E-state index >= 15 is 0 Å². The van der Waals surface area contributed by atoms with Gasteiger partial charge in [0.15, 0.2) is 5.78 Å². The number of nitrogens with one attached hydrogen (secondary N) is 1. The van der Waals surface area contributed by atoms with E-state index in [-0.39, 0.29) is 73.6 Å². The van der Waals surface area contributed by atoms with Crippen LogP contribution in [0, 0.1) is 17.8 Å². The molecule has 3 aliphatic carbocycles. The summed E-state index contributed by atoms with van der Waals surface area (Å²) in [5.41, 5.74) is -0.899. The molecule has 7 N–H and O–H groups in total. The molecule has 4 rings (SSSR count). The number of Topliss-reactive ketones (excluding diaryl/α,β-unsaturated/α-hetero) is 1. The first kappa shape index (κ1) is 39.5. The summed E-state index contributed by atoms with van der Waals surface area (Å²) in [6.07, 6.45) is 8.14. The maximum Gasteiger partial charge on any atom is 0.348 e. The fourth-order valence-corrected chi connectivity index (χ4v) is 8.76. The molecule has 3 saturated carbocycles. The number of ketones is 1. The van der Waals surface area contributed by atoms with Gasteiger partial charge in [-0.3, -0.25) is 34.0 Å². The Labute approximate surface area is 295 Å². The molecule has 6 atom stereocenters. The van der Waals surface area contributed by atoms with Gasteiger partial charge in [0.25, 0.3) is 0 Å². The molecule has 15 heteroatoms. The van der Waals surface area contributed by atoms with Gasteiger partial charge in [0, 0.05) is 37.1 Å².